The van der Waals surface area contributed by atoms with E-state index < -0.39 is 24.3 Å². The topological polar surface area (TPSA) is 57.2 Å². The van der Waals surface area contributed by atoms with E-state index in [1.165, 1.54) is 0 Å². The van der Waals surface area contributed by atoms with Gasteiger partial charge in [-0.05, 0) is 19.4 Å². The Kier molecular flexibility index (Phi) is 3.79. The highest BCUT2D eigenvalue weighted by Gasteiger charge is 2.50. The van der Waals surface area contributed by atoms with Crippen molar-refractivity contribution in [1.82, 2.24) is 0 Å². The van der Waals surface area contributed by atoms with Crippen LogP contribution < -0.4 is 0 Å². The molecular weight excluding hydrogens is 260 g/mol. The van der Waals surface area contributed by atoms with Crippen molar-refractivity contribution in [3.63, 3.8) is 0 Å². The first-order valence-electron chi connectivity index (χ1n) is 6.86. The van der Waals surface area contributed by atoms with E-state index in [-0.39, 0.29) is 6.10 Å². The van der Waals surface area contributed by atoms with Gasteiger partial charge in [0.2, 0.25) is 0 Å². The summed E-state index contributed by atoms with van der Waals surface area (Å²) in [5, 5.41) is 10.3. The lowest BCUT2D eigenvalue weighted by Gasteiger charge is -2.34. The van der Waals surface area contributed by atoms with E-state index >= 15 is 0 Å². The van der Waals surface area contributed by atoms with Gasteiger partial charge in [0.1, 0.15) is 18.3 Å². The van der Waals surface area contributed by atoms with Crippen LogP contribution in [0, 0.1) is 0 Å². The molecule has 0 aromatic heterocycles. The van der Waals surface area contributed by atoms with Crippen molar-refractivity contribution in [2.45, 2.75) is 50.8 Å². The highest BCUT2D eigenvalue weighted by molar-refractivity contribution is 5.13. The van der Waals surface area contributed by atoms with Gasteiger partial charge in [0.25, 0.3) is 0 Å². The summed E-state index contributed by atoms with van der Waals surface area (Å²) in [6.45, 7) is 4.42. The van der Waals surface area contributed by atoms with Gasteiger partial charge < -0.3 is 24.1 Å². The number of ether oxygens (including phenoxy) is 4. The molecule has 0 bridgehead atoms. The van der Waals surface area contributed by atoms with Crippen LogP contribution in [0.4, 0.5) is 0 Å². The van der Waals surface area contributed by atoms with Crippen molar-refractivity contribution in [1.29, 1.82) is 0 Å². The Morgan fingerprint density at radius 3 is 2.75 bits per heavy atom. The van der Waals surface area contributed by atoms with Crippen LogP contribution in [0.15, 0.2) is 30.3 Å². The molecule has 5 heteroatoms. The van der Waals surface area contributed by atoms with E-state index in [0.717, 1.165) is 5.56 Å². The van der Waals surface area contributed by atoms with E-state index in [4.69, 9.17) is 18.9 Å². The first-order valence-corrected chi connectivity index (χ1v) is 6.86. The normalized spacial score (nSPS) is 35.8. The molecule has 1 aromatic rings. The van der Waals surface area contributed by atoms with Crippen LogP contribution >= 0.6 is 0 Å². The Morgan fingerprint density at radius 1 is 1.25 bits per heavy atom. The maximum absolute atomic E-state index is 10.3. The van der Waals surface area contributed by atoms with Gasteiger partial charge in [0.05, 0.1) is 13.2 Å². The molecule has 4 atom stereocenters. The molecular formula is C15H20O5. The molecule has 2 aliphatic heterocycles. The van der Waals surface area contributed by atoms with Gasteiger partial charge in [-0.1, -0.05) is 30.3 Å². The van der Waals surface area contributed by atoms with Gasteiger partial charge in [-0.25, -0.2) is 0 Å². The summed E-state index contributed by atoms with van der Waals surface area (Å²) in [6, 6.07) is 9.78. The minimum atomic E-state index is -0.848. The summed E-state index contributed by atoms with van der Waals surface area (Å²) in [4.78, 5) is 0. The lowest BCUT2D eigenvalue weighted by atomic mass is 10.1. The zero-order valence-corrected chi connectivity index (χ0v) is 11.7. The van der Waals surface area contributed by atoms with Crippen molar-refractivity contribution >= 4 is 0 Å². The van der Waals surface area contributed by atoms with E-state index in [2.05, 4.69) is 0 Å². The van der Waals surface area contributed by atoms with Crippen LogP contribution in [-0.2, 0) is 25.6 Å². The lowest BCUT2D eigenvalue weighted by molar-refractivity contribution is -0.255. The minimum Gasteiger partial charge on any atom is -0.385 e. The molecule has 1 aromatic carbocycles. The minimum absolute atomic E-state index is 0.239. The molecule has 0 aliphatic carbocycles. The Labute approximate surface area is 118 Å². The third-order valence-electron chi connectivity index (χ3n) is 3.52. The van der Waals surface area contributed by atoms with Crippen molar-refractivity contribution in [3.8, 4) is 0 Å². The number of aliphatic hydroxyl groups is 1. The van der Waals surface area contributed by atoms with Crippen molar-refractivity contribution in [3.05, 3.63) is 35.9 Å². The second kappa shape index (κ2) is 5.42. The zero-order chi connectivity index (χ0) is 14.2. The molecule has 3 rings (SSSR count). The first kappa shape index (κ1) is 14.0. The summed E-state index contributed by atoms with van der Waals surface area (Å²) in [5.41, 5.74) is 1.04. The Hall–Kier alpha value is -0.980. The maximum atomic E-state index is 10.3. The Balaban J connectivity index is 1.59. The van der Waals surface area contributed by atoms with Gasteiger partial charge >= 0.3 is 0 Å². The lowest BCUT2D eigenvalue weighted by Crippen LogP contribution is -2.52. The molecule has 1 N–H and O–H groups in total. The van der Waals surface area contributed by atoms with E-state index in [1.807, 2.05) is 44.2 Å². The summed E-state index contributed by atoms with van der Waals surface area (Å²) in [6.07, 6.45) is -2.18. The second-order valence-corrected chi connectivity index (χ2v) is 5.63. The zero-order valence-electron chi connectivity index (χ0n) is 11.7. The molecule has 20 heavy (non-hydrogen) atoms. The summed E-state index contributed by atoms with van der Waals surface area (Å²) in [7, 11) is 0. The average molecular weight is 280 g/mol. The highest BCUT2D eigenvalue weighted by Crippen LogP contribution is 2.34. The van der Waals surface area contributed by atoms with Gasteiger partial charge in [-0.2, -0.15) is 0 Å². The summed E-state index contributed by atoms with van der Waals surface area (Å²) in [5.74, 6) is -0.687. The molecule has 5 nitrogen and oxygen atoms in total. The number of hydrogen-bond acceptors (Lipinski definition) is 5. The van der Waals surface area contributed by atoms with Gasteiger partial charge in [0, 0.05) is 0 Å². The second-order valence-electron chi connectivity index (χ2n) is 5.63. The van der Waals surface area contributed by atoms with Crippen LogP contribution in [0.1, 0.15) is 19.4 Å². The SMILES string of the molecule is CC1(C)OC2COC(OCc3ccccc3)C(O)C2O1. The monoisotopic (exact) mass is 280 g/mol. The molecule has 2 fully saturated rings. The Morgan fingerprint density at radius 2 is 2.00 bits per heavy atom. The number of aliphatic hydroxyl groups excluding tert-OH is 1. The van der Waals surface area contributed by atoms with Crippen molar-refractivity contribution in [2.75, 3.05) is 6.61 Å². The largest absolute Gasteiger partial charge is 0.385 e. The molecule has 0 saturated carbocycles. The molecule has 0 spiro atoms. The summed E-state index contributed by atoms with van der Waals surface area (Å²) >= 11 is 0. The third-order valence-corrected chi connectivity index (χ3v) is 3.52. The third kappa shape index (κ3) is 2.87. The molecule has 0 amide bonds. The molecule has 0 radical (unpaired) electrons. The standard InChI is InChI=1S/C15H20O5/c1-15(2)19-11-9-18-14(12(16)13(11)20-15)17-8-10-6-4-3-5-7-10/h3-7,11-14,16H,8-9H2,1-2H3. The van der Waals surface area contributed by atoms with Crippen LogP contribution in [0.5, 0.6) is 0 Å². The highest BCUT2D eigenvalue weighted by atomic mass is 16.8. The number of benzene rings is 1. The van der Waals surface area contributed by atoms with Crippen molar-refractivity contribution in [2.24, 2.45) is 0 Å². The number of rotatable bonds is 3. The fourth-order valence-corrected chi connectivity index (χ4v) is 2.62. The quantitative estimate of drug-likeness (QED) is 0.908. The average Bonchev–Trinajstić information content (AvgIpc) is 2.75. The predicted octanol–water partition coefficient (Wildman–Crippen LogP) is 1.44. The van der Waals surface area contributed by atoms with Gasteiger partial charge in [-0.3, -0.25) is 0 Å². The van der Waals surface area contributed by atoms with E-state index in [1.54, 1.807) is 0 Å². The maximum Gasteiger partial charge on any atom is 0.186 e. The van der Waals surface area contributed by atoms with Crippen LogP contribution in [-0.4, -0.2) is 42.1 Å². The summed E-state index contributed by atoms with van der Waals surface area (Å²) < 4.78 is 22.6. The predicted molar refractivity (Wildman–Crippen MR) is 70.8 cm³/mol. The number of fused-ring (bicyclic) bond motifs is 1. The van der Waals surface area contributed by atoms with Gasteiger partial charge in [-0.15, -0.1) is 0 Å². The number of hydrogen-bond donors (Lipinski definition) is 1. The molecule has 4 unspecified atom stereocenters. The fourth-order valence-electron chi connectivity index (χ4n) is 2.62. The molecule has 110 valence electrons. The molecule has 2 heterocycles. The molecule has 2 aliphatic rings. The van der Waals surface area contributed by atoms with Gasteiger partial charge in [0.15, 0.2) is 12.1 Å². The van der Waals surface area contributed by atoms with E-state index in [9.17, 15) is 5.11 Å². The smallest absolute Gasteiger partial charge is 0.186 e. The van der Waals surface area contributed by atoms with Crippen LogP contribution in [0.3, 0.4) is 0 Å². The molecule has 2 saturated heterocycles. The van der Waals surface area contributed by atoms with Crippen LogP contribution in [0.2, 0.25) is 0 Å². The fraction of sp³-hybridized carbons (Fsp3) is 0.600. The van der Waals surface area contributed by atoms with Crippen molar-refractivity contribution < 1.29 is 24.1 Å². The first-order chi connectivity index (χ1) is 9.55. The van der Waals surface area contributed by atoms with Crippen LogP contribution in [0.25, 0.3) is 0 Å². The Bertz CT molecular complexity index is 447. The van der Waals surface area contributed by atoms with E-state index in [0.29, 0.717) is 13.2 Å².